The van der Waals surface area contributed by atoms with Crippen molar-refractivity contribution in [2.45, 2.75) is 40.2 Å². The number of hydrogen-bond acceptors (Lipinski definition) is 6. The highest BCUT2D eigenvalue weighted by Gasteiger charge is 2.23. The Hall–Kier alpha value is -3.03. The largest absolute Gasteiger partial charge is 0.337 e. The summed E-state index contributed by atoms with van der Waals surface area (Å²) in [7, 11) is 0. The molecule has 0 amide bonds. The summed E-state index contributed by atoms with van der Waals surface area (Å²) >= 11 is 0. The minimum Gasteiger partial charge on any atom is -0.337 e. The Morgan fingerprint density at radius 3 is 2.48 bits per heavy atom. The molecule has 130 valence electrons. The fourth-order valence-electron chi connectivity index (χ4n) is 2.69. The maximum absolute atomic E-state index is 11.1. The average Bonchev–Trinajstić information content (AvgIpc) is 3.12. The number of nitro groups is 1. The summed E-state index contributed by atoms with van der Waals surface area (Å²) in [5.41, 5.74) is 2.94. The molecule has 0 atom stereocenters. The average molecular weight is 341 g/mol. The van der Waals surface area contributed by atoms with Gasteiger partial charge in [-0.05, 0) is 25.3 Å². The van der Waals surface area contributed by atoms with Crippen molar-refractivity contribution >= 4 is 5.69 Å². The van der Waals surface area contributed by atoms with Gasteiger partial charge in [-0.1, -0.05) is 43.3 Å². The Bertz CT molecular complexity index is 909. The first-order chi connectivity index (χ1) is 11.9. The van der Waals surface area contributed by atoms with E-state index in [2.05, 4.69) is 29.1 Å². The van der Waals surface area contributed by atoms with Gasteiger partial charge in [0.25, 0.3) is 0 Å². The van der Waals surface area contributed by atoms with E-state index in [1.807, 2.05) is 24.3 Å². The van der Waals surface area contributed by atoms with E-state index in [4.69, 9.17) is 4.52 Å². The van der Waals surface area contributed by atoms with E-state index in [9.17, 15) is 10.1 Å². The van der Waals surface area contributed by atoms with Crippen LogP contribution < -0.4 is 0 Å². The summed E-state index contributed by atoms with van der Waals surface area (Å²) in [6.07, 6.45) is 0. The van der Waals surface area contributed by atoms with Crippen molar-refractivity contribution in [2.75, 3.05) is 0 Å². The maximum atomic E-state index is 11.1. The number of benzene rings is 1. The highest BCUT2D eigenvalue weighted by atomic mass is 16.6. The van der Waals surface area contributed by atoms with Gasteiger partial charge >= 0.3 is 5.69 Å². The molecule has 0 aliphatic heterocycles. The number of aromatic nitrogens is 4. The van der Waals surface area contributed by atoms with Crippen LogP contribution in [-0.4, -0.2) is 24.8 Å². The van der Waals surface area contributed by atoms with E-state index in [1.54, 1.807) is 13.8 Å². The summed E-state index contributed by atoms with van der Waals surface area (Å²) in [6, 6.07) is 8.00. The smallest absolute Gasteiger partial charge is 0.312 e. The zero-order valence-corrected chi connectivity index (χ0v) is 14.6. The molecule has 2 heterocycles. The van der Waals surface area contributed by atoms with Crippen LogP contribution in [0.4, 0.5) is 5.69 Å². The van der Waals surface area contributed by atoms with E-state index in [-0.39, 0.29) is 12.2 Å². The number of nitrogens with zero attached hydrogens (tertiary/aromatic N) is 5. The van der Waals surface area contributed by atoms with Gasteiger partial charge in [0.05, 0.1) is 4.92 Å². The summed E-state index contributed by atoms with van der Waals surface area (Å²) in [5.74, 6) is 1.29. The van der Waals surface area contributed by atoms with Gasteiger partial charge in [-0.15, -0.1) is 0 Å². The summed E-state index contributed by atoms with van der Waals surface area (Å²) in [6.45, 7) is 7.72. The zero-order chi connectivity index (χ0) is 18.1. The lowest BCUT2D eigenvalue weighted by atomic mass is 10.0. The summed E-state index contributed by atoms with van der Waals surface area (Å²) in [5, 5.41) is 19.3. The number of aryl methyl sites for hydroxylation is 1. The van der Waals surface area contributed by atoms with Crippen LogP contribution in [0, 0.1) is 24.0 Å². The first-order valence-electron chi connectivity index (χ1n) is 7.98. The Morgan fingerprint density at radius 2 is 1.92 bits per heavy atom. The quantitative estimate of drug-likeness (QED) is 0.519. The molecule has 8 heteroatoms. The standard InChI is InChI=1S/C17H19N5O3/c1-10(2)13-5-7-14(8-6-13)17-18-15(25-20-17)9-21-12(4)16(22(23)24)11(3)19-21/h5-8,10H,9H2,1-4H3. The van der Waals surface area contributed by atoms with Crippen LogP contribution in [0.15, 0.2) is 28.8 Å². The van der Waals surface area contributed by atoms with Gasteiger partial charge in [0.2, 0.25) is 11.7 Å². The highest BCUT2D eigenvalue weighted by Crippen LogP contribution is 2.23. The van der Waals surface area contributed by atoms with Crippen LogP contribution >= 0.6 is 0 Å². The lowest BCUT2D eigenvalue weighted by Crippen LogP contribution is -2.04. The van der Waals surface area contributed by atoms with E-state index in [0.717, 1.165) is 5.56 Å². The number of hydrogen-bond donors (Lipinski definition) is 0. The van der Waals surface area contributed by atoms with Crippen molar-refractivity contribution in [1.82, 2.24) is 19.9 Å². The Balaban J connectivity index is 1.83. The topological polar surface area (TPSA) is 99.9 Å². The molecule has 1 aromatic carbocycles. The molecule has 8 nitrogen and oxygen atoms in total. The molecule has 25 heavy (non-hydrogen) atoms. The highest BCUT2D eigenvalue weighted by molar-refractivity contribution is 5.54. The van der Waals surface area contributed by atoms with Crippen molar-refractivity contribution in [3.63, 3.8) is 0 Å². The predicted molar refractivity (Wildman–Crippen MR) is 91.3 cm³/mol. The molecule has 0 fully saturated rings. The summed E-state index contributed by atoms with van der Waals surface area (Å²) in [4.78, 5) is 15.0. The molecule has 3 aromatic rings. The monoisotopic (exact) mass is 341 g/mol. The van der Waals surface area contributed by atoms with Crippen LogP contribution in [0.5, 0.6) is 0 Å². The van der Waals surface area contributed by atoms with Crippen LogP contribution in [-0.2, 0) is 6.54 Å². The molecule has 2 aromatic heterocycles. The maximum Gasteiger partial charge on any atom is 0.312 e. The van der Waals surface area contributed by atoms with Crippen molar-refractivity contribution in [2.24, 2.45) is 0 Å². The zero-order valence-electron chi connectivity index (χ0n) is 14.6. The van der Waals surface area contributed by atoms with Crippen molar-refractivity contribution in [3.8, 4) is 11.4 Å². The molecule has 0 aliphatic rings. The SMILES string of the molecule is Cc1nn(Cc2nc(-c3ccc(C(C)C)cc3)no2)c(C)c1[N+](=O)[O-]. The predicted octanol–water partition coefficient (Wildman–Crippen LogP) is 3.63. The molecule has 0 saturated heterocycles. The van der Waals surface area contributed by atoms with Crippen molar-refractivity contribution in [1.29, 1.82) is 0 Å². The van der Waals surface area contributed by atoms with Crippen molar-refractivity contribution < 1.29 is 9.45 Å². The van der Waals surface area contributed by atoms with E-state index in [0.29, 0.717) is 29.0 Å². The minimum absolute atomic E-state index is 0.0176. The molecule has 3 rings (SSSR count). The van der Waals surface area contributed by atoms with Crippen LogP contribution in [0.25, 0.3) is 11.4 Å². The fraction of sp³-hybridized carbons (Fsp3) is 0.353. The molecule has 0 aliphatic carbocycles. The summed E-state index contributed by atoms with van der Waals surface area (Å²) < 4.78 is 6.78. The molecule has 0 bridgehead atoms. The Kier molecular flexibility index (Phi) is 4.35. The second-order valence-electron chi connectivity index (χ2n) is 6.22. The first kappa shape index (κ1) is 16.8. The molecular formula is C17H19N5O3. The first-order valence-corrected chi connectivity index (χ1v) is 7.98. The molecule has 0 unspecified atom stereocenters. The second-order valence-corrected chi connectivity index (χ2v) is 6.22. The van der Waals surface area contributed by atoms with Crippen LogP contribution in [0.1, 0.15) is 42.6 Å². The van der Waals surface area contributed by atoms with E-state index in [1.165, 1.54) is 10.2 Å². The minimum atomic E-state index is -0.427. The molecule has 0 radical (unpaired) electrons. The van der Waals surface area contributed by atoms with Gasteiger partial charge in [-0.3, -0.25) is 14.8 Å². The fourth-order valence-corrected chi connectivity index (χ4v) is 2.69. The van der Waals surface area contributed by atoms with Gasteiger partial charge in [0.15, 0.2) is 0 Å². The Morgan fingerprint density at radius 1 is 1.24 bits per heavy atom. The van der Waals surface area contributed by atoms with Gasteiger partial charge in [0.1, 0.15) is 17.9 Å². The van der Waals surface area contributed by atoms with Gasteiger partial charge in [-0.2, -0.15) is 10.1 Å². The molecular weight excluding hydrogens is 322 g/mol. The molecule has 0 saturated carbocycles. The van der Waals surface area contributed by atoms with E-state index >= 15 is 0 Å². The van der Waals surface area contributed by atoms with Gasteiger partial charge < -0.3 is 4.52 Å². The van der Waals surface area contributed by atoms with Gasteiger partial charge in [-0.25, -0.2) is 0 Å². The lowest BCUT2D eigenvalue weighted by molar-refractivity contribution is -0.386. The molecule has 0 N–H and O–H groups in total. The van der Waals surface area contributed by atoms with Crippen LogP contribution in [0.2, 0.25) is 0 Å². The normalized spacial score (nSPS) is 11.2. The second kappa shape index (κ2) is 6.46. The van der Waals surface area contributed by atoms with Crippen LogP contribution in [0.3, 0.4) is 0 Å². The third kappa shape index (κ3) is 3.28. The van der Waals surface area contributed by atoms with Gasteiger partial charge in [0, 0.05) is 5.56 Å². The number of rotatable bonds is 5. The Labute approximate surface area is 144 Å². The third-order valence-corrected chi connectivity index (χ3v) is 4.11. The lowest BCUT2D eigenvalue weighted by Gasteiger charge is -2.04. The van der Waals surface area contributed by atoms with E-state index < -0.39 is 4.92 Å². The molecule has 0 spiro atoms. The third-order valence-electron chi connectivity index (χ3n) is 4.11. The van der Waals surface area contributed by atoms with Crippen molar-refractivity contribution in [3.05, 3.63) is 57.2 Å².